The van der Waals surface area contributed by atoms with Crippen molar-refractivity contribution >= 4 is 15.7 Å². The largest absolute Gasteiger partial charge is 0.352 e. The molecule has 2 aliphatic rings. The second-order valence-electron chi connectivity index (χ2n) is 6.28. The second-order valence-corrected chi connectivity index (χ2v) is 8.51. The zero-order valence-corrected chi connectivity index (χ0v) is 12.8. The minimum Gasteiger partial charge on any atom is -0.352 e. The van der Waals surface area contributed by atoms with Crippen LogP contribution >= 0.6 is 0 Å². The summed E-state index contributed by atoms with van der Waals surface area (Å²) in [6.07, 6.45) is 6.94. The SMILES string of the molecule is NCC(NC(=O)CC1CCS(=O)(=O)C1)C1CCCCC1. The quantitative estimate of drug-likeness (QED) is 0.787. The zero-order valence-electron chi connectivity index (χ0n) is 12.0. The molecule has 0 bridgehead atoms. The van der Waals surface area contributed by atoms with Gasteiger partial charge in [0.15, 0.2) is 9.84 Å². The van der Waals surface area contributed by atoms with E-state index in [0.29, 0.717) is 25.3 Å². The molecule has 1 heterocycles. The third-order valence-electron chi connectivity index (χ3n) is 4.62. The first-order valence-electron chi connectivity index (χ1n) is 7.70. The van der Waals surface area contributed by atoms with E-state index >= 15 is 0 Å². The van der Waals surface area contributed by atoms with Gasteiger partial charge in [-0.1, -0.05) is 19.3 Å². The molecule has 1 aliphatic heterocycles. The van der Waals surface area contributed by atoms with Crippen LogP contribution in [-0.2, 0) is 14.6 Å². The summed E-state index contributed by atoms with van der Waals surface area (Å²) in [6.45, 7) is 0.472. The van der Waals surface area contributed by atoms with Crippen LogP contribution in [0.4, 0.5) is 0 Å². The first-order valence-corrected chi connectivity index (χ1v) is 9.52. The maximum atomic E-state index is 12.1. The van der Waals surface area contributed by atoms with E-state index < -0.39 is 9.84 Å². The maximum absolute atomic E-state index is 12.1. The molecule has 0 spiro atoms. The Labute approximate surface area is 121 Å². The number of carbonyl (C=O) groups excluding carboxylic acids is 1. The molecule has 20 heavy (non-hydrogen) atoms. The Hall–Kier alpha value is -0.620. The van der Waals surface area contributed by atoms with E-state index in [4.69, 9.17) is 5.73 Å². The molecular weight excluding hydrogens is 276 g/mol. The van der Waals surface area contributed by atoms with Crippen molar-refractivity contribution in [1.82, 2.24) is 5.32 Å². The van der Waals surface area contributed by atoms with Crippen LogP contribution in [-0.4, -0.2) is 38.4 Å². The number of amides is 1. The number of hydrogen-bond donors (Lipinski definition) is 2. The molecule has 0 radical (unpaired) electrons. The standard InChI is InChI=1S/C14H26N2O3S/c15-9-13(12-4-2-1-3-5-12)16-14(17)8-11-6-7-20(18,19)10-11/h11-13H,1-10,15H2,(H,16,17). The lowest BCUT2D eigenvalue weighted by Gasteiger charge is -2.30. The van der Waals surface area contributed by atoms with Crippen LogP contribution in [0.2, 0.25) is 0 Å². The van der Waals surface area contributed by atoms with Crippen molar-refractivity contribution in [3.63, 3.8) is 0 Å². The van der Waals surface area contributed by atoms with Gasteiger partial charge < -0.3 is 11.1 Å². The topological polar surface area (TPSA) is 89.3 Å². The highest BCUT2D eigenvalue weighted by Gasteiger charge is 2.30. The molecular formula is C14H26N2O3S. The van der Waals surface area contributed by atoms with Gasteiger partial charge in [0, 0.05) is 19.0 Å². The highest BCUT2D eigenvalue weighted by Crippen LogP contribution is 2.27. The van der Waals surface area contributed by atoms with Gasteiger partial charge in [-0.25, -0.2) is 8.42 Å². The molecule has 6 heteroatoms. The Balaban J connectivity index is 1.80. The lowest BCUT2D eigenvalue weighted by Crippen LogP contribution is -2.46. The molecule has 0 aromatic rings. The van der Waals surface area contributed by atoms with Gasteiger partial charge in [-0.2, -0.15) is 0 Å². The predicted molar refractivity (Wildman–Crippen MR) is 78.9 cm³/mol. The van der Waals surface area contributed by atoms with Crippen LogP contribution < -0.4 is 11.1 Å². The molecule has 116 valence electrons. The molecule has 3 N–H and O–H groups in total. The van der Waals surface area contributed by atoms with E-state index in [1.54, 1.807) is 0 Å². The van der Waals surface area contributed by atoms with Gasteiger partial charge in [-0.15, -0.1) is 0 Å². The minimum atomic E-state index is -2.90. The molecule has 1 saturated carbocycles. The van der Waals surface area contributed by atoms with Gasteiger partial charge in [0.25, 0.3) is 0 Å². The van der Waals surface area contributed by atoms with Gasteiger partial charge in [0.05, 0.1) is 11.5 Å². The van der Waals surface area contributed by atoms with Crippen LogP contribution in [0.25, 0.3) is 0 Å². The lowest BCUT2D eigenvalue weighted by atomic mass is 9.84. The normalized spacial score (nSPS) is 28.1. The summed E-state index contributed by atoms with van der Waals surface area (Å²) in [6, 6.07) is 0.0563. The predicted octanol–water partition coefficient (Wildman–Crippen LogP) is 0.835. The summed E-state index contributed by atoms with van der Waals surface area (Å²) in [5.41, 5.74) is 5.79. The average molecular weight is 302 g/mol. The lowest BCUT2D eigenvalue weighted by molar-refractivity contribution is -0.123. The number of nitrogens with two attached hydrogens (primary N) is 1. The van der Waals surface area contributed by atoms with Crippen molar-refractivity contribution in [2.45, 2.75) is 51.0 Å². The van der Waals surface area contributed by atoms with E-state index in [-0.39, 0.29) is 29.4 Å². The summed E-state index contributed by atoms with van der Waals surface area (Å²) in [4.78, 5) is 12.1. The molecule has 5 nitrogen and oxygen atoms in total. The van der Waals surface area contributed by atoms with Crippen LogP contribution in [0.15, 0.2) is 0 Å². The van der Waals surface area contributed by atoms with Crippen molar-refractivity contribution < 1.29 is 13.2 Å². The molecule has 2 rings (SSSR count). The maximum Gasteiger partial charge on any atom is 0.220 e. The van der Waals surface area contributed by atoms with E-state index in [0.717, 1.165) is 12.8 Å². The first-order chi connectivity index (χ1) is 9.50. The second kappa shape index (κ2) is 6.89. The van der Waals surface area contributed by atoms with Crippen molar-refractivity contribution in [3.8, 4) is 0 Å². The summed E-state index contributed by atoms with van der Waals surface area (Å²) < 4.78 is 22.8. The van der Waals surface area contributed by atoms with Crippen molar-refractivity contribution in [3.05, 3.63) is 0 Å². The molecule has 2 fully saturated rings. The number of hydrogen-bond acceptors (Lipinski definition) is 4. The average Bonchev–Trinajstić information content (AvgIpc) is 2.76. The highest BCUT2D eigenvalue weighted by atomic mass is 32.2. The fraction of sp³-hybridized carbons (Fsp3) is 0.929. The summed E-state index contributed by atoms with van der Waals surface area (Å²) >= 11 is 0. The van der Waals surface area contributed by atoms with Crippen molar-refractivity contribution in [1.29, 1.82) is 0 Å². The number of sulfone groups is 1. The Morgan fingerprint density at radius 3 is 2.45 bits per heavy atom. The molecule has 1 aliphatic carbocycles. The fourth-order valence-electron chi connectivity index (χ4n) is 3.47. The third-order valence-corrected chi connectivity index (χ3v) is 6.46. The van der Waals surface area contributed by atoms with E-state index in [9.17, 15) is 13.2 Å². The highest BCUT2D eigenvalue weighted by molar-refractivity contribution is 7.91. The summed E-state index contributed by atoms with van der Waals surface area (Å²) in [5.74, 6) is 0.841. The van der Waals surface area contributed by atoms with Crippen molar-refractivity contribution in [2.24, 2.45) is 17.6 Å². The minimum absolute atomic E-state index is 0.00946. The molecule has 2 unspecified atom stereocenters. The Morgan fingerprint density at radius 1 is 1.20 bits per heavy atom. The Kier molecular flexibility index (Phi) is 5.43. The zero-order chi connectivity index (χ0) is 14.6. The fourth-order valence-corrected chi connectivity index (χ4v) is 5.33. The van der Waals surface area contributed by atoms with Gasteiger partial charge >= 0.3 is 0 Å². The monoisotopic (exact) mass is 302 g/mol. The smallest absolute Gasteiger partial charge is 0.220 e. The van der Waals surface area contributed by atoms with Gasteiger partial charge in [0.2, 0.25) is 5.91 Å². The third kappa shape index (κ3) is 4.45. The van der Waals surface area contributed by atoms with Gasteiger partial charge in [0.1, 0.15) is 0 Å². The molecule has 2 atom stereocenters. The van der Waals surface area contributed by atoms with Crippen LogP contribution in [0.1, 0.15) is 44.9 Å². The molecule has 1 amide bonds. The summed E-state index contributed by atoms with van der Waals surface area (Å²) in [5, 5.41) is 3.03. The Morgan fingerprint density at radius 2 is 1.90 bits per heavy atom. The first kappa shape index (κ1) is 15.8. The van der Waals surface area contributed by atoms with Crippen LogP contribution in [0.5, 0.6) is 0 Å². The van der Waals surface area contributed by atoms with Crippen LogP contribution in [0.3, 0.4) is 0 Å². The number of rotatable bonds is 5. The number of nitrogens with one attached hydrogen (secondary N) is 1. The van der Waals surface area contributed by atoms with E-state index in [2.05, 4.69) is 5.32 Å². The molecule has 1 saturated heterocycles. The van der Waals surface area contributed by atoms with E-state index in [1.807, 2.05) is 0 Å². The van der Waals surface area contributed by atoms with Crippen molar-refractivity contribution in [2.75, 3.05) is 18.1 Å². The number of carbonyl (C=O) groups is 1. The van der Waals surface area contributed by atoms with E-state index in [1.165, 1.54) is 19.3 Å². The van der Waals surface area contributed by atoms with Gasteiger partial charge in [-0.05, 0) is 31.1 Å². The molecule has 0 aromatic carbocycles. The van der Waals surface area contributed by atoms with Crippen LogP contribution in [0, 0.1) is 11.8 Å². The van der Waals surface area contributed by atoms with Gasteiger partial charge in [-0.3, -0.25) is 4.79 Å². The Bertz CT molecular complexity index is 430. The summed E-state index contributed by atoms with van der Waals surface area (Å²) in [7, 11) is -2.90. The molecule has 0 aromatic heterocycles.